The van der Waals surface area contributed by atoms with Gasteiger partial charge in [0.05, 0.1) is 6.54 Å². The molecule has 1 aliphatic rings. The first kappa shape index (κ1) is 4.80. The zero-order chi connectivity index (χ0) is 5.28. The molecule has 0 radical (unpaired) electrons. The van der Waals surface area contributed by atoms with Crippen LogP contribution in [-0.4, -0.2) is 28.6 Å². The van der Waals surface area contributed by atoms with Crippen molar-refractivity contribution in [3.63, 3.8) is 0 Å². The monoisotopic (exact) mass is 119 g/mol. The fraction of sp³-hybridized carbons (Fsp3) is 0.667. The minimum atomic E-state index is 0.181. The van der Waals surface area contributed by atoms with E-state index in [4.69, 9.17) is 5.21 Å². The molecular formula is C3H5NO2S. The average molecular weight is 119 g/mol. The lowest BCUT2D eigenvalue weighted by atomic mass is 10.7. The third-order valence-corrected chi connectivity index (χ3v) is 1.07. The average Bonchev–Trinajstić information content (AvgIpc) is 1.91. The van der Waals surface area contributed by atoms with Gasteiger partial charge in [0.1, 0.15) is 6.61 Å². The van der Waals surface area contributed by atoms with E-state index in [-0.39, 0.29) is 5.17 Å². The Hall–Kier alpha value is -0.350. The predicted octanol–water partition coefficient (Wildman–Crippen LogP) is -0.00730. The number of thiocarbonyl (C=S) groups is 1. The van der Waals surface area contributed by atoms with Crippen molar-refractivity contribution in [2.45, 2.75) is 0 Å². The molecule has 0 aromatic carbocycles. The number of hydroxylamine groups is 2. The highest BCUT2D eigenvalue weighted by molar-refractivity contribution is 7.80. The first-order chi connectivity index (χ1) is 3.30. The molecule has 0 unspecified atom stereocenters. The Morgan fingerprint density at radius 1 is 1.86 bits per heavy atom. The molecule has 1 N–H and O–H groups in total. The smallest absolute Gasteiger partial charge is 0.283 e. The molecule has 0 atom stereocenters. The van der Waals surface area contributed by atoms with E-state index < -0.39 is 0 Å². The van der Waals surface area contributed by atoms with Crippen LogP contribution in [0, 0.1) is 0 Å². The molecule has 1 aliphatic heterocycles. The van der Waals surface area contributed by atoms with Crippen LogP contribution in [0.25, 0.3) is 0 Å². The van der Waals surface area contributed by atoms with Crippen LogP contribution >= 0.6 is 12.2 Å². The van der Waals surface area contributed by atoms with Gasteiger partial charge in [0, 0.05) is 0 Å². The molecular weight excluding hydrogens is 114 g/mol. The molecule has 1 rings (SSSR count). The van der Waals surface area contributed by atoms with E-state index >= 15 is 0 Å². The van der Waals surface area contributed by atoms with Crippen LogP contribution in [-0.2, 0) is 4.74 Å². The van der Waals surface area contributed by atoms with Gasteiger partial charge < -0.3 is 4.74 Å². The van der Waals surface area contributed by atoms with E-state index in [0.29, 0.717) is 13.2 Å². The third-order valence-electron chi connectivity index (χ3n) is 0.739. The lowest BCUT2D eigenvalue weighted by Crippen LogP contribution is -2.18. The second-order valence-corrected chi connectivity index (χ2v) is 1.59. The van der Waals surface area contributed by atoms with Crippen molar-refractivity contribution in [3.8, 4) is 0 Å². The molecule has 1 heterocycles. The van der Waals surface area contributed by atoms with Gasteiger partial charge in [-0.2, -0.15) is 0 Å². The molecule has 0 saturated carbocycles. The van der Waals surface area contributed by atoms with Crippen LogP contribution in [0.4, 0.5) is 0 Å². The summed E-state index contributed by atoms with van der Waals surface area (Å²) in [5.41, 5.74) is 0. The van der Waals surface area contributed by atoms with E-state index in [9.17, 15) is 0 Å². The van der Waals surface area contributed by atoms with Crippen molar-refractivity contribution >= 4 is 17.4 Å². The summed E-state index contributed by atoms with van der Waals surface area (Å²) >= 11 is 4.50. The number of nitrogens with zero attached hydrogens (tertiary/aromatic N) is 1. The van der Waals surface area contributed by atoms with E-state index in [1.807, 2.05) is 0 Å². The van der Waals surface area contributed by atoms with Gasteiger partial charge in [-0.1, -0.05) is 0 Å². The molecule has 40 valence electrons. The van der Waals surface area contributed by atoms with E-state index in [1.54, 1.807) is 0 Å². The van der Waals surface area contributed by atoms with Crippen LogP contribution in [0.15, 0.2) is 0 Å². The molecule has 0 spiro atoms. The zero-order valence-electron chi connectivity index (χ0n) is 3.63. The molecule has 3 nitrogen and oxygen atoms in total. The number of rotatable bonds is 0. The maximum atomic E-state index is 8.56. The second-order valence-electron chi connectivity index (χ2n) is 1.24. The summed E-state index contributed by atoms with van der Waals surface area (Å²) in [6.07, 6.45) is 0. The quantitative estimate of drug-likeness (QED) is 0.455. The first-order valence-corrected chi connectivity index (χ1v) is 2.35. The maximum absolute atomic E-state index is 8.56. The van der Waals surface area contributed by atoms with Gasteiger partial charge in [-0.3, -0.25) is 5.21 Å². The van der Waals surface area contributed by atoms with Crippen molar-refractivity contribution in [1.29, 1.82) is 0 Å². The topological polar surface area (TPSA) is 32.7 Å². The van der Waals surface area contributed by atoms with Gasteiger partial charge >= 0.3 is 0 Å². The second kappa shape index (κ2) is 1.63. The van der Waals surface area contributed by atoms with Crippen LogP contribution < -0.4 is 0 Å². The van der Waals surface area contributed by atoms with Crippen molar-refractivity contribution in [2.75, 3.05) is 13.2 Å². The molecule has 0 amide bonds. The lowest BCUT2D eigenvalue weighted by molar-refractivity contribution is 0.0000978. The predicted molar refractivity (Wildman–Crippen MR) is 27.0 cm³/mol. The highest BCUT2D eigenvalue weighted by atomic mass is 32.1. The summed E-state index contributed by atoms with van der Waals surface area (Å²) in [4.78, 5) is 0. The Kier molecular flexibility index (Phi) is 1.12. The molecule has 0 aliphatic carbocycles. The normalized spacial score (nSPS) is 20.1. The Morgan fingerprint density at radius 2 is 2.57 bits per heavy atom. The van der Waals surface area contributed by atoms with Gasteiger partial charge in [0.15, 0.2) is 0 Å². The number of ether oxygens (including phenoxy) is 1. The summed E-state index contributed by atoms with van der Waals surface area (Å²) in [6.45, 7) is 1.01. The molecule has 0 aromatic heterocycles. The van der Waals surface area contributed by atoms with Crippen LogP contribution in [0.3, 0.4) is 0 Å². The Morgan fingerprint density at radius 3 is 2.71 bits per heavy atom. The number of hydrogen-bond acceptors (Lipinski definition) is 3. The molecule has 4 heteroatoms. The Balaban J connectivity index is 2.48. The van der Waals surface area contributed by atoms with Crippen LogP contribution in [0.1, 0.15) is 0 Å². The summed E-state index contributed by atoms with van der Waals surface area (Å²) in [5.74, 6) is 0. The lowest BCUT2D eigenvalue weighted by Gasteiger charge is -2.00. The SMILES string of the molecule is ON1CCOC1=S. The standard InChI is InChI=1S/C3H5NO2S/c5-4-1-2-6-3(4)7/h5H,1-2H2. The largest absolute Gasteiger partial charge is 0.467 e. The van der Waals surface area contributed by atoms with E-state index in [0.717, 1.165) is 5.06 Å². The Bertz CT molecular complexity index is 94.9. The van der Waals surface area contributed by atoms with Crippen molar-refractivity contribution in [1.82, 2.24) is 5.06 Å². The summed E-state index contributed by atoms with van der Waals surface area (Å²) in [6, 6.07) is 0. The minimum absolute atomic E-state index is 0.181. The van der Waals surface area contributed by atoms with Crippen molar-refractivity contribution in [2.24, 2.45) is 0 Å². The summed E-state index contributed by atoms with van der Waals surface area (Å²) < 4.78 is 4.67. The summed E-state index contributed by atoms with van der Waals surface area (Å²) in [5, 5.41) is 9.66. The van der Waals surface area contributed by atoms with E-state index in [1.165, 1.54) is 0 Å². The molecule has 1 saturated heterocycles. The molecule has 0 aromatic rings. The zero-order valence-corrected chi connectivity index (χ0v) is 4.44. The van der Waals surface area contributed by atoms with E-state index in [2.05, 4.69) is 17.0 Å². The van der Waals surface area contributed by atoms with Gasteiger partial charge in [0.25, 0.3) is 5.17 Å². The Labute approximate surface area is 46.4 Å². The fourth-order valence-electron chi connectivity index (χ4n) is 0.385. The van der Waals surface area contributed by atoms with Crippen LogP contribution in [0.2, 0.25) is 0 Å². The molecule has 7 heavy (non-hydrogen) atoms. The fourth-order valence-corrected chi connectivity index (χ4v) is 0.560. The maximum Gasteiger partial charge on any atom is 0.283 e. The molecule has 1 fully saturated rings. The van der Waals surface area contributed by atoms with Gasteiger partial charge in [-0.05, 0) is 12.2 Å². The molecule has 0 bridgehead atoms. The minimum Gasteiger partial charge on any atom is -0.467 e. The third kappa shape index (κ3) is 0.808. The van der Waals surface area contributed by atoms with Gasteiger partial charge in [0.2, 0.25) is 0 Å². The van der Waals surface area contributed by atoms with Gasteiger partial charge in [-0.25, -0.2) is 5.06 Å². The van der Waals surface area contributed by atoms with Gasteiger partial charge in [-0.15, -0.1) is 0 Å². The highest BCUT2D eigenvalue weighted by Crippen LogP contribution is 1.97. The number of hydrogen-bond donors (Lipinski definition) is 1. The summed E-state index contributed by atoms with van der Waals surface area (Å²) in [7, 11) is 0. The highest BCUT2D eigenvalue weighted by Gasteiger charge is 2.13. The first-order valence-electron chi connectivity index (χ1n) is 1.94. The van der Waals surface area contributed by atoms with Crippen LogP contribution in [0.5, 0.6) is 0 Å². The van der Waals surface area contributed by atoms with Crippen molar-refractivity contribution < 1.29 is 9.94 Å². The van der Waals surface area contributed by atoms with Crippen molar-refractivity contribution in [3.05, 3.63) is 0 Å².